The van der Waals surface area contributed by atoms with Gasteiger partial charge in [0.15, 0.2) is 5.69 Å². The Morgan fingerprint density at radius 2 is 2.05 bits per heavy atom. The molecule has 0 fully saturated rings. The van der Waals surface area contributed by atoms with Crippen molar-refractivity contribution in [2.75, 3.05) is 7.11 Å². The number of oxazole rings is 1. The predicted molar refractivity (Wildman–Crippen MR) is 71.0 cm³/mol. The van der Waals surface area contributed by atoms with E-state index in [9.17, 15) is 0 Å². The number of tetrazole rings is 1. The highest BCUT2D eigenvalue weighted by Crippen LogP contribution is 2.32. The molecule has 0 N–H and O–H groups in total. The van der Waals surface area contributed by atoms with Gasteiger partial charge in [-0.15, -0.1) is 10.2 Å². The van der Waals surface area contributed by atoms with Crippen LogP contribution in [0.4, 0.5) is 0 Å². The molecule has 0 atom stereocenters. The van der Waals surface area contributed by atoms with Crippen molar-refractivity contribution in [2.24, 2.45) is 0 Å². The lowest BCUT2D eigenvalue weighted by Crippen LogP contribution is -1.98. The summed E-state index contributed by atoms with van der Waals surface area (Å²) in [6.07, 6.45) is 0. The number of hydrogen-bond acceptors (Lipinski definition) is 6. The summed E-state index contributed by atoms with van der Waals surface area (Å²) in [5.41, 5.74) is 1.31. The fourth-order valence-electron chi connectivity index (χ4n) is 1.76. The van der Waals surface area contributed by atoms with Crippen molar-refractivity contribution < 1.29 is 9.15 Å². The molecule has 102 valence electrons. The number of benzene rings is 1. The van der Waals surface area contributed by atoms with Gasteiger partial charge in [-0.25, -0.2) is 4.98 Å². The third kappa shape index (κ3) is 2.13. The van der Waals surface area contributed by atoms with Crippen LogP contribution in [0.15, 0.2) is 34.7 Å². The summed E-state index contributed by atoms with van der Waals surface area (Å²) in [5, 5.41) is 12.1. The molecule has 0 aliphatic carbocycles. The van der Waals surface area contributed by atoms with E-state index in [-0.39, 0.29) is 5.95 Å². The van der Waals surface area contributed by atoms with Gasteiger partial charge in [0.2, 0.25) is 11.7 Å². The second-order valence-electron chi connectivity index (χ2n) is 4.03. The average molecular weight is 271 g/mol. The van der Waals surface area contributed by atoms with Gasteiger partial charge in [0.05, 0.1) is 13.7 Å². The molecular formula is C13H13N5O2. The van der Waals surface area contributed by atoms with E-state index in [0.29, 0.717) is 24.0 Å². The van der Waals surface area contributed by atoms with Crippen molar-refractivity contribution in [2.45, 2.75) is 13.5 Å². The van der Waals surface area contributed by atoms with Crippen LogP contribution in [-0.2, 0) is 6.54 Å². The summed E-state index contributed by atoms with van der Waals surface area (Å²) in [7, 11) is 1.52. The summed E-state index contributed by atoms with van der Waals surface area (Å²) >= 11 is 0. The lowest BCUT2D eigenvalue weighted by Gasteiger charge is -1.93. The molecule has 3 rings (SSSR count). The van der Waals surface area contributed by atoms with Gasteiger partial charge in [0, 0.05) is 5.56 Å². The van der Waals surface area contributed by atoms with Crippen LogP contribution in [0.5, 0.6) is 5.95 Å². The van der Waals surface area contributed by atoms with Gasteiger partial charge in [0.25, 0.3) is 0 Å². The minimum Gasteiger partial charge on any atom is -0.467 e. The zero-order valence-corrected chi connectivity index (χ0v) is 11.1. The molecule has 2 heterocycles. The minimum absolute atomic E-state index is 0.277. The normalized spacial score (nSPS) is 10.7. The topological polar surface area (TPSA) is 78.9 Å². The fourth-order valence-corrected chi connectivity index (χ4v) is 1.76. The predicted octanol–water partition coefficient (Wildman–Crippen LogP) is 2.02. The summed E-state index contributed by atoms with van der Waals surface area (Å²) in [4.78, 5) is 5.88. The number of nitrogens with zero attached hydrogens (tertiary/aromatic N) is 5. The molecule has 0 unspecified atom stereocenters. The van der Waals surface area contributed by atoms with Gasteiger partial charge in [-0.05, 0) is 24.3 Å². The Labute approximate surface area is 115 Å². The van der Waals surface area contributed by atoms with E-state index in [2.05, 4.69) is 20.4 Å². The molecule has 20 heavy (non-hydrogen) atoms. The lowest BCUT2D eigenvalue weighted by molar-refractivity contribution is 0.310. The van der Waals surface area contributed by atoms with E-state index in [4.69, 9.17) is 9.15 Å². The van der Waals surface area contributed by atoms with E-state index < -0.39 is 0 Å². The second-order valence-corrected chi connectivity index (χ2v) is 4.03. The van der Waals surface area contributed by atoms with Crippen LogP contribution < -0.4 is 4.74 Å². The van der Waals surface area contributed by atoms with Crippen LogP contribution in [0.1, 0.15) is 6.92 Å². The second kappa shape index (κ2) is 5.12. The standard InChI is InChI=1S/C13H13N5O2/c1-3-18-16-11(15-17-18)10-13(19-2)20-12(14-10)9-7-5-4-6-8-9/h4-8H,3H2,1-2H3. The molecule has 7 heteroatoms. The maximum Gasteiger partial charge on any atom is 0.317 e. The van der Waals surface area contributed by atoms with Crippen molar-refractivity contribution in [3.05, 3.63) is 30.3 Å². The summed E-state index contributed by atoms with van der Waals surface area (Å²) < 4.78 is 10.8. The van der Waals surface area contributed by atoms with Gasteiger partial charge in [-0.1, -0.05) is 18.2 Å². The van der Waals surface area contributed by atoms with E-state index in [1.807, 2.05) is 37.3 Å². The van der Waals surface area contributed by atoms with Crippen molar-refractivity contribution in [3.63, 3.8) is 0 Å². The van der Waals surface area contributed by atoms with Crippen molar-refractivity contribution in [1.82, 2.24) is 25.2 Å². The van der Waals surface area contributed by atoms with Gasteiger partial charge in [-0.3, -0.25) is 0 Å². The van der Waals surface area contributed by atoms with Gasteiger partial charge in [-0.2, -0.15) is 4.80 Å². The number of ether oxygens (including phenoxy) is 1. The molecule has 0 radical (unpaired) electrons. The summed E-state index contributed by atoms with van der Waals surface area (Å²) in [6, 6.07) is 9.57. The maximum atomic E-state index is 5.60. The molecule has 0 saturated heterocycles. The highest BCUT2D eigenvalue weighted by Gasteiger charge is 2.20. The molecule has 7 nitrogen and oxygen atoms in total. The monoisotopic (exact) mass is 271 g/mol. The number of hydrogen-bond donors (Lipinski definition) is 0. The Morgan fingerprint density at radius 3 is 2.70 bits per heavy atom. The summed E-state index contributed by atoms with van der Waals surface area (Å²) in [5.74, 6) is 1.12. The first-order chi connectivity index (χ1) is 9.81. The lowest BCUT2D eigenvalue weighted by atomic mass is 10.2. The van der Waals surface area contributed by atoms with Crippen LogP contribution in [0.2, 0.25) is 0 Å². The molecule has 0 spiro atoms. The van der Waals surface area contributed by atoms with E-state index >= 15 is 0 Å². The SMILES string of the molecule is CCn1nnc(-c2nc(-c3ccccc3)oc2OC)n1. The largest absolute Gasteiger partial charge is 0.467 e. The maximum absolute atomic E-state index is 5.60. The van der Waals surface area contributed by atoms with Crippen LogP contribution in [0.3, 0.4) is 0 Å². The number of aromatic nitrogens is 5. The first kappa shape index (κ1) is 12.3. The Hall–Kier alpha value is -2.70. The Balaban J connectivity index is 2.05. The fraction of sp³-hybridized carbons (Fsp3) is 0.231. The van der Waals surface area contributed by atoms with Crippen LogP contribution >= 0.6 is 0 Å². The van der Waals surface area contributed by atoms with E-state index in [1.54, 1.807) is 0 Å². The zero-order valence-electron chi connectivity index (χ0n) is 11.1. The molecule has 0 aliphatic rings. The van der Waals surface area contributed by atoms with E-state index in [0.717, 1.165) is 5.56 Å². The molecular weight excluding hydrogens is 258 g/mol. The van der Waals surface area contributed by atoms with Crippen LogP contribution in [0.25, 0.3) is 23.0 Å². The molecule has 0 saturated carbocycles. The number of aryl methyl sites for hydroxylation is 1. The van der Waals surface area contributed by atoms with Crippen molar-refractivity contribution in [3.8, 4) is 28.9 Å². The average Bonchev–Trinajstić information content (AvgIpc) is 3.14. The first-order valence-corrected chi connectivity index (χ1v) is 6.20. The number of rotatable bonds is 4. The Bertz CT molecular complexity index is 705. The highest BCUT2D eigenvalue weighted by atomic mass is 16.6. The minimum atomic E-state index is 0.277. The Morgan fingerprint density at radius 1 is 1.25 bits per heavy atom. The zero-order chi connectivity index (χ0) is 13.9. The third-order valence-corrected chi connectivity index (χ3v) is 2.75. The van der Waals surface area contributed by atoms with Gasteiger partial charge < -0.3 is 9.15 Å². The van der Waals surface area contributed by atoms with Crippen LogP contribution in [0, 0.1) is 0 Å². The molecule has 0 amide bonds. The molecule has 2 aromatic heterocycles. The number of methoxy groups -OCH3 is 1. The smallest absolute Gasteiger partial charge is 0.317 e. The van der Waals surface area contributed by atoms with Crippen molar-refractivity contribution in [1.29, 1.82) is 0 Å². The van der Waals surface area contributed by atoms with Gasteiger partial charge in [0.1, 0.15) is 0 Å². The highest BCUT2D eigenvalue weighted by molar-refractivity contribution is 5.62. The Kier molecular flexibility index (Phi) is 3.16. The van der Waals surface area contributed by atoms with E-state index in [1.165, 1.54) is 11.9 Å². The quantitative estimate of drug-likeness (QED) is 0.722. The first-order valence-electron chi connectivity index (χ1n) is 6.20. The third-order valence-electron chi connectivity index (χ3n) is 2.75. The van der Waals surface area contributed by atoms with Crippen molar-refractivity contribution >= 4 is 0 Å². The molecule has 1 aromatic carbocycles. The van der Waals surface area contributed by atoms with Gasteiger partial charge >= 0.3 is 5.95 Å². The van der Waals surface area contributed by atoms with Crippen LogP contribution in [-0.4, -0.2) is 32.3 Å². The molecule has 3 aromatic rings. The molecule has 0 bridgehead atoms. The molecule has 0 aliphatic heterocycles. The summed E-state index contributed by atoms with van der Waals surface area (Å²) in [6.45, 7) is 2.57.